The van der Waals surface area contributed by atoms with Crippen molar-refractivity contribution < 1.29 is 4.57 Å². The molecule has 254 valence electrons. The summed E-state index contributed by atoms with van der Waals surface area (Å²) in [6, 6.07) is 63.2. The van der Waals surface area contributed by atoms with Gasteiger partial charge in [-0.25, -0.2) is 15.0 Å². The van der Waals surface area contributed by atoms with Gasteiger partial charge < -0.3 is 4.57 Å². The Hall–Kier alpha value is -6.22. The highest BCUT2D eigenvalue weighted by Gasteiger charge is 2.46. The van der Waals surface area contributed by atoms with E-state index in [9.17, 15) is 4.57 Å². The summed E-state index contributed by atoms with van der Waals surface area (Å²) in [5, 5.41) is 0.861. The summed E-state index contributed by atoms with van der Waals surface area (Å²) in [5.41, 5.74) is 11.3. The molecule has 5 heteroatoms. The van der Waals surface area contributed by atoms with E-state index in [1.165, 1.54) is 22.3 Å². The van der Waals surface area contributed by atoms with Crippen LogP contribution < -0.4 is 5.30 Å². The van der Waals surface area contributed by atoms with Crippen molar-refractivity contribution in [3.05, 3.63) is 204 Å². The molecule has 0 radical (unpaired) electrons. The van der Waals surface area contributed by atoms with E-state index in [4.69, 9.17) is 15.0 Å². The lowest BCUT2D eigenvalue weighted by molar-refractivity contribution is 0.588. The predicted octanol–water partition coefficient (Wildman–Crippen LogP) is 11.2. The Balaban J connectivity index is 1.25. The lowest BCUT2D eigenvalue weighted by Crippen LogP contribution is -2.29. The molecule has 1 aliphatic carbocycles. The first-order valence-corrected chi connectivity index (χ1v) is 20.4. The number of fused-ring (bicyclic) bond motifs is 3. The van der Waals surface area contributed by atoms with E-state index in [1.807, 2.05) is 61.9 Å². The van der Waals surface area contributed by atoms with Crippen LogP contribution in [0.15, 0.2) is 182 Å². The normalized spacial score (nSPS) is 12.9. The van der Waals surface area contributed by atoms with Crippen LogP contribution in [0.25, 0.3) is 56.4 Å². The van der Waals surface area contributed by atoms with Crippen LogP contribution in [0.4, 0.5) is 0 Å². The molecule has 1 aromatic heterocycles. The first-order valence-electron chi connectivity index (χ1n) is 17.8. The fourth-order valence-electron chi connectivity index (χ4n) is 7.78. The molecule has 0 saturated heterocycles. The summed E-state index contributed by atoms with van der Waals surface area (Å²) in [7, 11) is -2.55. The Bertz CT molecular complexity index is 2620. The molecule has 4 nitrogen and oxygen atoms in total. The molecule has 0 unspecified atom stereocenters. The highest BCUT2D eigenvalue weighted by atomic mass is 31.2. The van der Waals surface area contributed by atoms with E-state index >= 15 is 0 Å². The third kappa shape index (κ3) is 5.73. The van der Waals surface area contributed by atoms with Crippen LogP contribution >= 0.6 is 7.14 Å². The van der Waals surface area contributed by atoms with Gasteiger partial charge in [-0.15, -0.1) is 0 Å². The average Bonchev–Trinajstić information content (AvgIpc) is 3.52. The lowest BCUT2D eigenvalue weighted by Gasteiger charge is -2.34. The largest absolute Gasteiger partial charge is 0.319 e. The van der Waals surface area contributed by atoms with Gasteiger partial charge in [0.2, 0.25) is 0 Å². The van der Waals surface area contributed by atoms with Gasteiger partial charge in [-0.05, 0) is 70.0 Å². The standard InChI is InChI=1S/C48H36N3OP/c1-53(2,52)40-22-14-21-39(32-40)48(43-25-11-9-23-41(43)42-24-10-12-26-44(42)48)38-20-13-19-37(31-38)47-50-45(35-17-7-4-8-18-35)49-46(51-47)36-29-27-34(28-30-36)33-15-5-3-6-16-33/h3-32H,1-2H3. The summed E-state index contributed by atoms with van der Waals surface area (Å²) in [6.07, 6.45) is 0. The maximum atomic E-state index is 13.5. The number of nitrogens with zero attached hydrogens (tertiary/aromatic N) is 3. The monoisotopic (exact) mass is 701 g/mol. The van der Waals surface area contributed by atoms with Crippen LogP contribution in [-0.2, 0) is 9.98 Å². The van der Waals surface area contributed by atoms with Gasteiger partial charge in [-0.2, -0.15) is 0 Å². The van der Waals surface area contributed by atoms with E-state index < -0.39 is 12.6 Å². The fourth-order valence-corrected chi connectivity index (χ4v) is 8.68. The Labute approximate surface area is 310 Å². The zero-order valence-corrected chi connectivity index (χ0v) is 30.4. The van der Waals surface area contributed by atoms with Gasteiger partial charge in [-0.3, -0.25) is 0 Å². The Morgan fingerprint density at radius 1 is 0.396 bits per heavy atom. The molecule has 9 rings (SSSR count). The smallest absolute Gasteiger partial charge is 0.164 e. The molecule has 0 fully saturated rings. The van der Waals surface area contributed by atoms with Gasteiger partial charge in [0.15, 0.2) is 17.5 Å². The minimum atomic E-state index is -2.55. The van der Waals surface area contributed by atoms with E-state index in [0.717, 1.165) is 44.2 Å². The first-order chi connectivity index (χ1) is 25.9. The number of aromatic nitrogens is 3. The summed E-state index contributed by atoms with van der Waals surface area (Å²) in [6.45, 7) is 3.68. The van der Waals surface area contributed by atoms with E-state index in [-0.39, 0.29) is 0 Å². The third-order valence-corrected chi connectivity index (χ3v) is 11.8. The topological polar surface area (TPSA) is 55.7 Å². The van der Waals surface area contributed by atoms with Crippen LogP contribution in [-0.4, -0.2) is 28.3 Å². The third-order valence-electron chi connectivity index (χ3n) is 10.3. The van der Waals surface area contributed by atoms with Crippen LogP contribution in [0.3, 0.4) is 0 Å². The van der Waals surface area contributed by atoms with Gasteiger partial charge >= 0.3 is 0 Å². The highest BCUT2D eigenvalue weighted by Crippen LogP contribution is 2.56. The van der Waals surface area contributed by atoms with Crippen molar-refractivity contribution in [2.75, 3.05) is 13.3 Å². The van der Waals surface area contributed by atoms with Crippen molar-refractivity contribution in [2.24, 2.45) is 0 Å². The second-order valence-corrected chi connectivity index (χ2v) is 17.2. The predicted molar refractivity (Wildman–Crippen MR) is 218 cm³/mol. The van der Waals surface area contributed by atoms with Gasteiger partial charge in [0.05, 0.1) is 5.41 Å². The number of hydrogen-bond acceptors (Lipinski definition) is 4. The Morgan fingerprint density at radius 2 is 0.811 bits per heavy atom. The van der Waals surface area contributed by atoms with Crippen molar-refractivity contribution in [3.63, 3.8) is 0 Å². The molecule has 1 heterocycles. The van der Waals surface area contributed by atoms with Gasteiger partial charge in [0, 0.05) is 22.0 Å². The van der Waals surface area contributed by atoms with Crippen LogP contribution in [0, 0.1) is 0 Å². The average molecular weight is 702 g/mol. The fraction of sp³-hybridized carbons (Fsp3) is 0.0625. The number of benzene rings is 7. The summed E-state index contributed by atoms with van der Waals surface area (Å²) in [5.74, 6) is 1.82. The molecule has 0 aliphatic heterocycles. The maximum Gasteiger partial charge on any atom is 0.164 e. The Morgan fingerprint density at radius 3 is 1.40 bits per heavy atom. The first kappa shape index (κ1) is 32.7. The maximum absolute atomic E-state index is 13.5. The van der Waals surface area contributed by atoms with E-state index in [1.54, 1.807) is 0 Å². The molecule has 0 N–H and O–H groups in total. The summed E-state index contributed by atoms with van der Waals surface area (Å²) >= 11 is 0. The zero-order valence-electron chi connectivity index (χ0n) is 29.5. The quantitative estimate of drug-likeness (QED) is 0.155. The Kier molecular flexibility index (Phi) is 8.06. The minimum Gasteiger partial charge on any atom is -0.319 e. The van der Waals surface area contributed by atoms with Gasteiger partial charge in [0.25, 0.3) is 0 Å². The molecule has 8 aromatic rings. The molecular formula is C48H36N3OP. The number of hydrogen-bond donors (Lipinski definition) is 0. The van der Waals surface area contributed by atoms with Crippen molar-refractivity contribution in [3.8, 4) is 56.4 Å². The summed E-state index contributed by atoms with van der Waals surface area (Å²) in [4.78, 5) is 15.3. The highest BCUT2D eigenvalue weighted by molar-refractivity contribution is 7.70. The van der Waals surface area contributed by atoms with E-state index in [2.05, 4.69) is 133 Å². The van der Waals surface area contributed by atoms with Gasteiger partial charge in [-0.1, -0.05) is 170 Å². The molecule has 1 aliphatic rings. The SMILES string of the molecule is CP(C)(=O)c1cccc(C2(c3cccc(-c4nc(-c5ccccc5)nc(-c5ccc(-c6ccccc6)cc5)n4)c3)c3ccccc3-c3ccccc32)c1. The second kappa shape index (κ2) is 13.1. The molecular weight excluding hydrogens is 666 g/mol. The van der Waals surface area contributed by atoms with Crippen molar-refractivity contribution >= 4 is 12.4 Å². The molecule has 0 bridgehead atoms. The van der Waals surface area contributed by atoms with Crippen LogP contribution in [0.5, 0.6) is 0 Å². The van der Waals surface area contributed by atoms with Crippen LogP contribution in [0.2, 0.25) is 0 Å². The molecule has 7 aromatic carbocycles. The minimum absolute atomic E-state index is 0.595. The van der Waals surface area contributed by atoms with Crippen molar-refractivity contribution in [1.82, 2.24) is 15.0 Å². The zero-order chi connectivity index (χ0) is 36.0. The lowest BCUT2D eigenvalue weighted by atomic mass is 9.67. The van der Waals surface area contributed by atoms with Crippen molar-refractivity contribution in [1.29, 1.82) is 0 Å². The van der Waals surface area contributed by atoms with Crippen molar-refractivity contribution in [2.45, 2.75) is 5.41 Å². The van der Waals surface area contributed by atoms with Crippen LogP contribution in [0.1, 0.15) is 22.3 Å². The number of rotatable bonds is 7. The molecule has 0 amide bonds. The molecule has 53 heavy (non-hydrogen) atoms. The molecule has 0 spiro atoms. The molecule has 0 atom stereocenters. The summed E-state index contributed by atoms with van der Waals surface area (Å²) < 4.78 is 13.5. The van der Waals surface area contributed by atoms with Gasteiger partial charge in [0.1, 0.15) is 7.14 Å². The van der Waals surface area contributed by atoms with E-state index in [0.29, 0.717) is 17.5 Å². The second-order valence-electron chi connectivity index (χ2n) is 13.9. The molecule has 0 saturated carbocycles.